The maximum Gasteiger partial charge on any atom is 0.189 e. The number of hydrogen-bond acceptors (Lipinski definition) is 4. The number of ketones is 1. The smallest absolute Gasteiger partial charge is 0.189 e. The van der Waals surface area contributed by atoms with Gasteiger partial charge in [-0.2, -0.15) is 0 Å². The summed E-state index contributed by atoms with van der Waals surface area (Å²) in [6, 6.07) is 11.0. The van der Waals surface area contributed by atoms with Crippen LogP contribution in [0.15, 0.2) is 60.6 Å². The van der Waals surface area contributed by atoms with Gasteiger partial charge in [0.15, 0.2) is 5.78 Å². The Bertz CT molecular complexity index is 604. The molecule has 102 valence electrons. The zero-order valence-electron chi connectivity index (χ0n) is 11.5. The van der Waals surface area contributed by atoms with Gasteiger partial charge in [-0.05, 0) is 43.3 Å². The Morgan fingerprint density at radius 2 is 2.00 bits per heavy atom. The van der Waals surface area contributed by atoms with Gasteiger partial charge in [-0.25, -0.2) is 0 Å². The van der Waals surface area contributed by atoms with Crippen molar-refractivity contribution in [2.75, 3.05) is 12.4 Å². The molecule has 0 bridgehead atoms. The van der Waals surface area contributed by atoms with Crippen molar-refractivity contribution in [3.63, 3.8) is 0 Å². The molecule has 0 radical (unpaired) electrons. The molecule has 0 aliphatic heterocycles. The largest absolute Gasteiger partial charge is 0.497 e. The van der Waals surface area contributed by atoms with E-state index in [-0.39, 0.29) is 5.78 Å². The van der Waals surface area contributed by atoms with Crippen LogP contribution in [0.2, 0.25) is 0 Å². The van der Waals surface area contributed by atoms with Crippen molar-refractivity contribution in [3.05, 3.63) is 66.1 Å². The molecule has 1 N–H and O–H groups in total. The summed E-state index contributed by atoms with van der Waals surface area (Å²) < 4.78 is 5.09. The molecule has 0 fully saturated rings. The molecule has 0 saturated carbocycles. The molecule has 0 saturated heterocycles. The maximum absolute atomic E-state index is 12.0. The van der Waals surface area contributed by atoms with Crippen molar-refractivity contribution in [1.29, 1.82) is 0 Å². The van der Waals surface area contributed by atoms with Crippen molar-refractivity contribution in [1.82, 2.24) is 4.98 Å². The van der Waals surface area contributed by atoms with Gasteiger partial charge < -0.3 is 10.1 Å². The standard InChI is InChI=1S/C16H16N2O2/c1-12(10-16(19)13-4-3-9-17-11-13)18-14-5-7-15(20-2)8-6-14/h3-11,18H,1-2H3/b12-10+. The highest BCUT2D eigenvalue weighted by molar-refractivity contribution is 6.04. The van der Waals surface area contributed by atoms with Crippen molar-refractivity contribution in [2.45, 2.75) is 6.92 Å². The molecule has 20 heavy (non-hydrogen) atoms. The summed E-state index contributed by atoms with van der Waals surface area (Å²) in [5.41, 5.74) is 2.24. The SMILES string of the molecule is COc1ccc(N/C(C)=C/C(=O)c2cccnc2)cc1. The van der Waals surface area contributed by atoms with E-state index in [9.17, 15) is 4.79 Å². The molecule has 1 aromatic heterocycles. The molecule has 0 spiro atoms. The third kappa shape index (κ3) is 3.68. The van der Waals surface area contributed by atoms with Gasteiger partial charge in [-0.1, -0.05) is 0 Å². The van der Waals surface area contributed by atoms with Crippen LogP contribution in [0, 0.1) is 0 Å². The van der Waals surface area contributed by atoms with Gasteiger partial charge in [0.25, 0.3) is 0 Å². The summed E-state index contributed by atoms with van der Waals surface area (Å²) in [4.78, 5) is 15.9. The van der Waals surface area contributed by atoms with E-state index in [0.717, 1.165) is 17.1 Å². The van der Waals surface area contributed by atoms with E-state index in [1.807, 2.05) is 31.2 Å². The first-order chi connectivity index (χ1) is 9.69. The number of ether oxygens (including phenoxy) is 1. The summed E-state index contributed by atoms with van der Waals surface area (Å²) in [6.45, 7) is 1.85. The Morgan fingerprint density at radius 1 is 1.25 bits per heavy atom. The van der Waals surface area contributed by atoms with Gasteiger partial charge in [-0.15, -0.1) is 0 Å². The van der Waals surface area contributed by atoms with Crippen LogP contribution < -0.4 is 10.1 Å². The number of carbonyl (C=O) groups excluding carboxylic acids is 1. The fraction of sp³-hybridized carbons (Fsp3) is 0.125. The van der Waals surface area contributed by atoms with Crippen LogP contribution in [0.3, 0.4) is 0 Å². The Labute approximate surface area is 118 Å². The van der Waals surface area contributed by atoms with Crippen LogP contribution in [0.1, 0.15) is 17.3 Å². The summed E-state index contributed by atoms with van der Waals surface area (Å²) >= 11 is 0. The molecule has 0 aliphatic rings. The lowest BCUT2D eigenvalue weighted by Gasteiger charge is -2.07. The van der Waals surface area contributed by atoms with E-state index in [1.165, 1.54) is 0 Å². The molecule has 0 amide bonds. The molecule has 0 aliphatic carbocycles. The Morgan fingerprint density at radius 3 is 2.60 bits per heavy atom. The number of rotatable bonds is 5. The number of nitrogens with zero attached hydrogens (tertiary/aromatic N) is 1. The normalized spacial score (nSPS) is 11.0. The molecular weight excluding hydrogens is 252 g/mol. The third-order valence-electron chi connectivity index (χ3n) is 2.73. The van der Waals surface area contributed by atoms with Gasteiger partial charge in [0.1, 0.15) is 5.75 Å². The Balaban J connectivity index is 2.05. The predicted molar refractivity (Wildman–Crippen MR) is 78.9 cm³/mol. The Kier molecular flexibility index (Phi) is 4.50. The maximum atomic E-state index is 12.0. The van der Waals surface area contributed by atoms with E-state index < -0.39 is 0 Å². The van der Waals surface area contributed by atoms with Crippen LogP contribution in [0.5, 0.6) is 5.75 Å². The van der Waals surface area contributed by atoms with Gasteiger partial charge in [0, 0.05) is 35.4 Å². The number of allylic oxidation sites excluding steroid dienone is 2. The van der Waals surface area contributed by atoms with Crippen LogP contribution in [0.25, 0.3) is 0 Å². The van der Waals surface area contributed by atoms with Crippen LogP contribution in [0.4, 0.5) is 5.69 Å². The van der Waals surface area contributed by atoms with Gasteiger partial charge >= 0.3 is 0 Å². The summed E-state index contributed by atoms with van der Waals surface area (Å²) in [5.74, 6) is 0.722. The summed E-state index contributed by atoms with van der Waals surface area (Å²) in [7, 11) is 1.63. The highest BCUT2D eigenvalue weighted by Crippen LogP contribution is 2.16. The van der Waals surface area contributed by atoms with Gasteiger partial charge in [0.2, 0.25) is 0 Å². The first-order valence-corrected chi connectivity index (χ1v) is 6.23. The van der Waals surface area contributed by atoms with Crippen molar-refractivity contribution >= 4 is 11.5 Å². The number of pyridine rings is 1. The average molecular weight is 268 g/mol. The van der Waals surface area contributed by atoms with E-state index in [2.05, 4.69) is 10.3 Å². The zero-order chi connectivity index (χ0) is 14.4. The lowest BCUT2D eigenvalue weighted by molar-refractivity contribution is 0.104. The lowest BCUT2D eigenvalue weighted by Crippen LogP contribution is -2.01. The molecule has 1 heterocycles. The van der Waals surface area contributed by atoms with Crippen LogP contribution in [-0.2, 0) is 0 Å². The van der Waals surface area contributed by atoms with Crippen molar-refractivity contribution in [3.8, 4) is 5.75 Å². The van der Waals surface area contributed by atoms with E-state index >= 15 is 0 Å². The average Bonchev–Trinajstić information content (AvgIpc) is 2.49. The number of aromatic nitrogens is 1. The first-order valence-electron chi connectivity index (χ1n) is 6.23. The predicted octanol–water partition coefficient (Wildman–Crippen LogP) is 3.29. The second kappa shape index (κ2) is 6.52. The number of hydrogen-bond donors (Lipinski definition) is 1. The number of carbonyl (C=O) groups is 1. The van der Waals surface area contributed by atoms with E-state index in [0.29, 0.717) is 5.56 Å². The molecule has 4 nitrogen and oxygen atoms in total. The van der Waals surface area contributed by atoms with E-state index in [4.69, 9.17) is 4.74 Å². The molecule has 0 unspecified atom stereocenters. The molecule has 2 rings (SSSR count). The van der Waals surface area contributed by atoms with Crippen LogP contribution in [-0.4, -0.2) is 17.9 Å². The van der Waals surface area contributed by atoms with Crippen molar-refractivity contribution < 1.29 is 9.53 Å². The topological polar surface area (TPSA) is 51.2 Å². The second-order valence-electron chi connectivity index (χ2n) is 4.29. The Hall–Kier alpha value is -2.62. The molecule has 0 atom stereocenters. The number of methoxy groups -OCH3 is 1. The monoisotopic (exact) mass is 268 g/mol. The molecular formula is C16H16N2O2. The molecule has 4 heteroatoms. The van der Waals surface area contributed by atoms with Gasteiger partial charge in [0.05, 0.1) is 7.11 Å². The minimum absolute atomic E-state index is 0.0726. The summed E-state index contributed by atoms with van der Waals surface area (Å²) in [6.07, 6.45) is 4.75. The number of nitrogens with one attached hydrogen (secondary N) is 1. The zero-order valence-corrected chi connectivity index (χ0v) is 11.5. The number of anilines is 1. The quantitative estimate of drug-likeness (QED) is 0.668. The highest BCUT2D eigenvalue weighted by atomic mass is 16.5. The third-order valence-corrected chi connectivity index (χ3v) is 2.73. The number of benzene rings is 1. The highest BCUT2D eigenvalue weighted by Gasteiger charge is 2.03. The van der Waals surface area contributed by atoms with Crippen molar-refractivity contribution in [2.24, 2.45) is 0 Å². The minimum Gasteiger partial charge on any atom is -0.497 e. The van der Waals surface area contributed by atoms with E-state index in [1.54, 1.807) is 37.7 Å². The molecule has 2 aromatic rings. The minimum atomic E-state index is -0.0726. The summed E-state index contributed by atoms with van der Waals surface area (Å²) in [5, 5.41) is 3.16. The lowest BCUT2D eigenvalue weighted by atomic mass is 10.1. The fourth-order valence-corrected chi connectivity index (χ4v) is 1.73. The second-order valence-corrected chi connectivity index (χ2v) is 4.29. The molecule has 1 aromatic carbocycles. The first kappa shape index (κ1) is 13.8. The van der Waals surface area contributed by atoms with Crippen LogP contribution >= 0.6 is 0 Å². The van der Waals surface area contributed by atoms with Gasteiger partial charge in [-0.3, -0.25) is 9.78 Å². The fourth-order valence-electron chi connectivity index (χ4n) is 1.73.